The molecule has 4 aromatic carbocycles. The number of amides is 2. The number of carboxylic acid groups (broad SMARTS) is 1. The highest BCUT2D eigenvalue weighted by Crippen LogP contribution is 2.38. The molecule has 3 N–H and O–H groups in total. The van der Waals surface area contributed by atoms with Crippen LogP contribution in [0.3, 0.4) is 0 Å². The van der Waals surface area contributed by atoms with E-state index in [2.05, 4.69) is 25.7 Å². The second kappa shape index (κ2) is 14.6. The quantitative estimate of drug-likeness (QED) is 0.0935. The predicted octanol–water partition coefficient (Wildman–Crippen LogP) is 7.02. The van der Waals surface area contributed by atoms with Gasteiger partial charge in [-0.15, -0.1) is 5.10 Å². The van der Waals surface area contributed by atoms with Crippen molar-refractivity contribution in [3.8, 4) is 11.4 Å². The Balaban J connectivity index is 1.52. The fraction of sp³-hybridized carbons (Fsp3) is 0.152. The highest BCUT2D eigenvalue weighted by Gasteiger charge is 2.45. The number of nitrogens with one attached hydrogen (secondary N) is 2. The molecule has 0 fully saturated rings. The Kier molecular flexibility index (Phi) is 10.4. The van der Waals surface area contributed by atoms with Gasteiger partial charge in [-0.2, -0.15) is 17.6 Å². The minimum Gasteiger partial charge on any atom is -0.477 e. The number of aromatic carboxylic acids is 1. The third kappa shape index (κ3) is 7.62. The maximum absolute atomic E-state index is 15.0. The lowest BCUT2D eigenvalue weighted by molar-refractivity contribution is -0.253. The molecule has 1 aromatic heterocycles. The average molecular weight is 742 g/mol. The molecule has 2 amide bonds. The maximum atomic E-state index is 15.0. The van der Waals surface area contributed by atoms with Crippen molar-refractivity contribution in [2.45, 2.75) is 31.0 Å². The summed E-state index contributed by atoms with van der Waals surface area (Å²) < 4.78 is 145. The molecule has 0 saturated carbocycles. The molecule has 0 radical (unpaired) electrons. The van der Waals surface area contributed by atoms with Crippen LogP contribution < -0.4 is 15.4 Å². The van der Waals surface area contributed by atoms with E-state index in [0.717, 1.165) is 30.5 Å². The molecular weight excluding hydrogens is 720 g/mol. The van der Waals surface area contributed by atoms with E-state index in [4.69, 9.17) is 5.11 Å². The number of carboxylic acids is 1. The fourth-order valence-corrected chi connectivity index (χ4v) is 5.17. The van der Waals surface area contributed by atoms with Crippen molar-refractivity contribution in [3.63, 3.8) is 0 Å². The van der Waals surface area contributed by atoms with Gasteiger partial charge < -0.3 is 20.5 Å². The number of carbonyl (C=O) groups excluding carboxylic acids is 1. The van der Waals surface area contributed by atoms with Gasteiger partial charge in [0.1, 0.15) is 34.3 Å². The van der Waals surface area contributed by atoms with Crippen LogP contribution in [0.1, 0.15) is 32.7 Å². The zero-order valence-corrected chi connectivity index (χ0v) is 25.8. The van der Waals surface area contributed by atoms with Crippen molar-refractivity contribution < 1.29 is 63.3 Å². The van der Waals surface area contributed by atoms with Crippen molar-refractivity contribution in [3.05, 3.63) is 142 Å². The van der Waals surface area contributed by atoms with Gasteiger partial charge in [-0.1, -0.05) is 47.7 Å². The van der Waals surface area contributed by atoms with Gasteiger partial charge in [0.05, 0.1) is 18.3 Å². The molecular formula is C33H21F10N5O4. The molecule has 0 spiro atoms. The molecule has 9 nitrogen and oxygen atoms in total. The Morgan fingerprint density at radius 3 is 2.06 bits per heavy atom. The Morgan fingerprint density at radius 1 is 0.827 bits per heavy atom. The maximum Gasteiger partial charge on any atom is 0.461 e. The van der Waals surface area contributed by atoms with Crippen molar-refractivity contribution >= 4 is 12.0 Å². The molecule has 0 aliphatic carbocycles. The first kappa shape index (κ1) is 37.1. The molecule has 5 rings (SSSR count). The Hall–Kier alpha value is -6.14. The smallest absolute Gasteiger partial charge is 0.461 e. The Bertz CT molecular complexity index is 2090. The minimum absolute atomic E-state index is 0.0378. The van der Waals surface area contributed by atoms with E-state index in [1.165, 1.54) is 12.1 Å². The van der Waals surface area contributed by atoms with Crippen LogP contribution in [0.25, 0.3) is 5.69 Å². The molecule has 0 aliphatic heterocycles. The normalized spacial score (nSPS) is 12.8. The number of ether oxygens (including phenoxy) is 1. The second-order valence-electron chi connectivity index (χ2n) is 11.0. The third-order valence-electron chi connectivity index (χ3n) is 7.50. The van der Waals surface area contributed by atoms with Crippen LogP contribution in [0.2, 0.25) is 0 Å². The lowest BCUT2D eigenvalue weighted by atomic mass is 9.77. The van der Waals surface area contributed by atoms with Gasteiger partial charge in [0.2, 0.25) is 0 Å². The highest BCUT2D eigenvalue weighted by molar-refractivity contribution is 5.88. The van der Waals surface area contributed by atoms with Crippen LogP contribution in [-0.4, -0.2) is 44.6 Å². The molecule has 0 aliphatic rings. The fourth-order valence-electron chi connectivity index (χ4n) is 5.17. The zero-order valence-electron chi connectivity index (χ0n) is 25.8. The number of urea groups is 1. The number of rotatable bonds is 12. The first-order chi connectivity index (χ1) is 24.5. The van der Waals surface area contributed by atoms with E-state index < -0.39 is 88.5 Å². The minimum atomic E-state index is -5.05. The number of benzene rings is 4. The van der Waals surface area contributed by atoms with E-state index in [1.54, 1.807) is 30.3 Å². The van der Waals surface area contributed by atoms with Gasteiger partial charge in [-0.05, 0) is 41.0 Å². The van der Waals surface area contributed by atoms with Crippen LogP contribution in [0.15, 0.2) is 79.0 Å². The number of halogens is 10. The van der Waals surface area contributed by atoms with E-state index in [1.807, 2.05) is 0 Å². The van der Waals surface area contributed by atoms with Crippen molar-refractivity contribution in [2.24, 2.45) is 0 Å². The number of hydrogen-bond acceptors (Lipinski definition) is 5. The molecule has 5 aromatic rings. The topological polar surface area (TPSA) is 118 Å². The summed E-state index contributed by atoms with van der Waals surface area (Å²) >= 11 is 0. The van der Waals surface area contributed by atoms with E-state index >= 15 is 4.39 Å². The summed E-state index contributed by atoms with van der Waals surface area (Å²) in [7, 11) is 0. The molecule has 52 heavy (non-hydrogen) atoms. The predicted molar refractivity (Wildman–Crippen MR) is 159 cm³/mol. The van der Waals surface area contributed by atoms with Gasteiger partial charge in [0.15, 0.2) is 23.3 Å². The summed E-state index contributed by atoms with van der Waals surface area (Å²) in [5, 5.41) is 20.7. The third-order valence-corrected chi connectivity index (χ3v) is 7.50. The number of carbonyl (C=O) groups is 2. The Morgan fingerprint density at radius 2 is 1.46 bits per heavy atom. The highest BCUT2D eigenvalue weighted by atomic mass is 19.3. The summed E-state index contributed by atoms with van der Waals surface area (Å²) in [5.41, 5.74) is -5.50. The summed E-state index contributed by atoms with van der Waals surface area (Å²) in [5.74, 6) is -14.0. The van der Waals surface area contributed by atoms with Gasteiger partial charge >= 0.3 is 24.5 Å². The lowest BCUT2D eigenvalue weighted by Crippen LogP contribution is -2.52. The zero-order chi connectivity index (χ0) is 38.0. The van der Waals surface area contributed by atoms with Crippen molar-refractivity contribution in [1.29, 1.82) is 0 Å². The number of aromatic nitrogens is 3. The SMILES string of the molecule is O=C(NCc1cn(-c2c(F)c(F)c(C(=O)O)c(F)c2F)nn1)N[C@](Cc1ccccc1)(c1ccc(F)cc1)c1cc(F)cc(OC(F)(F)C(F)F)c1. The lowest BCUT2D eigenvalue weighted by Gasteiger charge is -2.37. The van der Waals surface area contributed by atoms with Gasteiger partial charge in [0.25, 0.3) is 0 Å². The van der Waals surface area contributed by atoms with Gasteiger partial charge in [-0.3, -0.25) is 0 Å². The van der Waals surface area contributed by atoms with Gasteiger partial charge in [0, 0.05) is 12.5 Å². The molecule has 0 saturated heterocycles. The summed E-state index contributed by atoms with van der Waals surface area (Å²) in [6, 6.07) is 13.1. The second-order valence-corrected chi connectivity index (χ2v) is 11.0. The molecule has 1 heterocycles. The molecule has 19 heteroatoms. The largest absolute Gasteiger partial charge is 0.477 e. The monoisotopic (exact) mass is 741 g/mol. The molecule has 1 atom stereocenters. The van der Waals surface area contributed by atoms with Crippen LogP contribution in [0, 0.1) is 34.9 Å². The summed E-state index contributed by atoms with van der Waals surface area (Å²) in [6.45, 7) is -0.629. The van der Waals surface area contributed by atoms with Crippen molar-refractivity contribution in [1.82, 2.24) is 25.6 Å². The average Bonchev–Trinajstić information content (AvgIpc) is 3.55. The van der Waals surface area contributed by atoms with Crippen molar-refractivity contribution in [2.75, 3.05) is 0 Å². The Labute approximate surface area is 285 Å². The van der Waals surface area contributed by atoms with Crippen LogP contribution in [0.5, 0.6) is 5.75 Å². The molecule has 272 valence electrons. The number of hydrogen-bond donors (Lipinski definition) is 3. The number of nitrogens with zero attached hydrogens (tertiary/aromatic N) is 3. The molecule has 0 bridgehead atoms. The summed E-state index contributed by atoms with van der Waals surface area (Å²) in [4.78, 5) is 24.6. The van der Waals surface area contributed by atoms with Crippen LogP contribution in [0.4, 0.5) is 48.7 Å². The molecule has 0 unspecified atom stereocenters. The van der Waals surface area contributed by atoms with Crippen LogP contribution >= 0.6 is 0 Å². The van der Waals surface area contributed by atoms with E-state index in [0.29, 0.717) is 11.6 Å². The van der Waals surface area contributed by atoms with E-state index in [-0.39, 0.29) is 27.9 Å². The standard InChI is InChI=1S/C33H21F10N5O4/c34-19-8-6-17(7-9-19)32(13-16-4-2-1-3-5-16,18-10-20(35)12-22(11-18)52-33(42,43)30(40)41)45-31(51)44-14-21-15-48(47-46-21)28-26(38)24(36)23(29(49)50)25(37)27(28)39/h1-12,15,30H,13-14H2,(H,49,50)(H2,44,45,51)/t32-/m1/s1. The first-order valence-corrected chi connectivity index (χ1v) is 14.5. The van der Waals surface area contributed by atoms with Crippen LogP contribution in [-0.2, 0) is 18.5 Å². The van der Waals surface area contributed by atoms with Gasteiger partial charge in [-0.25, -0.2) is 40.6 Å². The van der Waals surface area contributed by atoms with E-state index in [9.17, 15) is 49.1 Å². The number of alkyl halides is 4. The summed E-state index contributed by atoms with van der Waals surface area (Å²) in [6.07, 6.45) is -8.91. The first-order valence-electron chi connectivity index (χ1n) is 14.5.